The van der Waals surface area contributed by atoms with E-state index in [4.69, 9.17) is 0 Å². The van der Waals surface area contributed by atoms with E-state index in [1.54, 1.807) is 0 Å². The lowest BCUT2D eigenvalue weighted by Gasteiger charge is -1.85. The molecule has 0 aromatic heterocycles. The highest BCUT2D eigenvalue weighted by atomic mass is 19.1. The van der Waals surface area contributed by atoms with Gasteiger partial charge in [0.1, 0.15) is 0 Å². The summed E-state index contributed by atoms with van der Waals surface area (Å²) in [6, 6.07) is -0.421. The molecule has 1 rings (SSSR count). The molecule has 6 heavy (non-hydrogen) atoms. The Balaban J connectivity index is 2.45. The fraction of sp³-hybridized carbons (Fsp3) is 0.500. The zero-order valence-electron chi connectivity index (χ0n) is 3.28. The largest absolute Gasteiger partial charge is 0.471 e. The molecule has 0 fully saturated rings. The van der Waals surface area contributed by atoms with E-state index in [1.807, 2.05) is 0 Å². The monoisotopic (exact) mass is 88.0 g/mol. The van der Waals surface area contributed by atoms with Crippen molar-refractivity contribution >= 4 is 0 Å². The second-order valence-corrected chi connectivity index (χ2v) is 1.15. The van der Waals surface area contributed by atoms with Crippen LogP contribution in [0.3, 0.4) is 0 Å². The van der Waals surface area contributed by atoms with Gasteiger partial charge in [-0.2, -0.15) is 4.39 Å². The first-order valence-electron chi connectivity index (χ1n) is 1.88. The summed E-state index contributed by atoms with van der Waals surface area (Å²) in [5.74, 6) is 0. The summed E-state index contributed by atoms with van der Waals surface area (Å²) in [6.07, 6.45) is 2.16. The van der Waals surface area contributed by atoms with Crippen LogP contribution in [0.2, 0.25) is 0 Å². The molecule has 0 aliphatic carbocycles. The molecule has 0 aromatic rings. The highest BCUT2D eigenvalue weighted by Crippen LogP contribution is 2.07. The summed E-state index contributed by atoms with van der Waals surface area (Å²) in [6.45, 7) is 0.520. The van der Waals surface area contributed by atoms with E-state index in [0.29, 0.717) is 6.61 Å². The van der Waals surface area contributed by atoms with Gasteiger partial charge in [0.25, 0.3) is 6.01 Å². The van der Waals surface area contributed by atoms with Crippen LogP contribution in [0.25, 0.3) is 0 Å². The topological polar surface area (TPSA) is 9.23 Å². The molecule has 34 valence electrons. The molecule has 0 unspecified atom stereocenters. The Morgan fingerprint density at radius 1 is 1.83 bits per heavy atom. The van der Waals surface area contributed by atoms with Gasteiger partial charge in [-0.3, -0.25) is 0 Å². The lowest BCUT2D eigenvalue weighted by atomic mass is 10.5. The van der Waals surface area contributed by atoms with Crippen molar-refractivity contribution in [1.82, 2.24) is 0 Å². The molecule has 2 heteroatoms. The first kappa shape index (κ1) is 3.65. The lowest BCUT2D eigenvalue weighted by molar-refractivity contribution is 0.175. The zero-order chi connectivity index (χ0) is 4.41. The standard InChI is InChI=1S/C4H5FO/c5-4-2-1-3-6-4/h2H,1,3H2. The maximum Gasteiger partial charge on any atom is 0.268 e. The Labute approximate surface area is 35.4 Å². The number of ether oxygens (including phenoxy) is 1. The van der Waals surface area contributed by atoms with E-state index in [0.717, 1.165) is 6.42 Å². The average molecular weight is 88.1 g/mol. The first-order chi connectivity index (χ1) is 2.89. The molecule has 1 aliphatic rings. The third-order valence-electron chi connectivity index (χ3n) is 0.663. The smallest absolute Gasteiger partial charge is 0.268 e. The van der Waals surface area contributed by atoms with E-state index in [2.05, 4.69) is 4.74 Å². The predicted molar refractivity (Wildman–Crippen MR) is 19.8 cm³/mol. The molecule has 0 aromatic carbocycles. The minimum Gasteiger partial charge on any atom is -0.471 e. The molecule has 0 saturated carbocycles. The number of hydrogen-bond acceptors (Lipinski definition) is 1. The van der Waals surface area contributed by atoms with Gasteiger partial charge in [0.2, 0.25) is 0 Å². The molecule has 0 spiro atoms. The Bertz CT molecular complexity index is 77.6. The molecular weight excluding hydrogens is 83.0 g/mol. The third-order valence-corrected chi connectivity index (χ3v) is 0.663. The molecule has 0 amide bonds. The fourth-order valence-corrected chi connectivity index (χ4v) is 0.388. The van der Waals surface area contributed by atoms with Crippen molar-refractivity contribution in [3.8, 4) is 0 Å². The third kappa shape index (κ3) is 0.506. The van der Waals surface area contributed by atoms with Gasteiger partial charge in [0.05, 0.1) is 6.61 Å². The van der Waals surface area contributed by atoms with Crippen molar-refractivity contribution in [1.29, 1.82) is 0 Å². The Hall–Kier alpha value is -0.530. The Kier molecular flexibility index (Phi) is 0.783. The summed E-state index contributed by atoms with van der Waals surface area (Å²) >= 11 is 0. The highest BCUT2D eigenvalue weighted by molar-refractivity contribution is 4.87. The zero-order valence-corrected chi connectivity index (χ0v) is 3.28. The Morgan fingerprint density at radius 2 is 2.67 bits per heavy atom. The van der Waals surface area contributed by atoms with Crippen LogP contribution < -0.4 is 0 Å². The summed E-state index contributed by atoms with van der Waals surface area (Å²) < 4.78 is 15.9. The van der Waals surface area contributed by atoms with Gasteiger partial charge in [0.15, 0.2) is 0 Å². The highest BCUT2D eigenvalue weighted by Gasteiger charge is 1.99. The molecule has 1 nitrogen and oxygen atoms in total. The molecule has 1 aliphatic heterocycles. The SMILES string of the molecule is FC1=CCCO1. The average Bonchev–Trinajstić information content (AvgIpc) is 1.86. The van der Waals surface area contributed by atoms with Crippen LogP contribution in [0.15, 0.2) is 12.1 Å². The minimum absolute atomic E-state index is 0.421. The molecule has 0 bridgehead atoms. The van der Waals surface area contributed by atoms with Crippen LogP contribution in [-0.2, 0) is 4.74 Å². The van der Waals surface area contributed by atoms with E-state index in [1.165, 1.54) is 6.08 Å². The molecule has 0 radical (unpaired) electrons. The van der Waals surface area contributed by atoms with E-state index in [9.17, 15) is 4.39 Å². The van der Waals surface area contributed by atoms with Gasteiger partial charge < -0.3 is 4.74 Å². The first-order valence-corrected chi connectivity index (χ1v) is 1.88. The van der Waals surface area contributed by atoms with Crippen molar-refractivity contribution in [2.24, 2.45) is 0 Å². The lowest BCUT2D eigenvalue weighted by Crippen LogP contribution is -1.75. The molecule has 0 saturated heterocycles. The van der Waals surface area contributed by atoms with Crippen molar-refractivity contribution < 1.29 is 9.13 Å². The van der Waals surface area contributed by atoms with Crippen molar-refractivity contribution in [2.75, 3.05) is 6.61 Å². The molecule has 0 N–H and O–H groups in total. The van der Waals surface area contributed by atoms with Gasteiger partial charge in [-0.25, -0.2) is 0 Å². The predicted octanol–water partition coefficient (Wildman–Crippen LogP) is 1.22. The van der Waals surface area contributed by atoms with Crippen LogP contribution in [0, 0.1) is 0 Å². The summed E-state index contributed by atoms with van der Waals surface area (Å²) in [5.41, 5.74) is 0. The minimum atomic E-state index is -0.421. The van der Waals surface area contributed by atoms with Gasteiger partial charge in [-0.1, -0.05) is 0 Å². The Morgan fingerprint density at radius 3 is 2.83 bits per heavy atom. The van der Waals surface area contributed by atoms with Gasteiger partial charge in [-0.05, 0) is 6.08 Å². The van der Waals surface area contributed by atoms with E-state index in [-0.39, 0.29) is 0 Å². The van der Waals surface area contributed by atoms with E-state index >= 15 is 0 Å². The number of rotatable bonds is 0. The van der Waals surface area contributed by atoms with Crippen molar-refractivity contribution in [2.45, 2.75) is 6.42 Å². The summed E-state index contributed by atoms with van der Waals surface area (Å²) in [5, 5.41) is 0. The maximum absolute atomic E-state index is 11.6. The van der Waals surface area contributed by atoms with Gasteiger partial charge in [-0.15, -0.1) is 0 Å². The molecule has 1 heterocycles. The van der Waals surface area contributed by atoms with Crippen LogP contribution in [0.5, 0.6) is 0 Å². The van der Waals surface area contributed by atoms with E-state index < -0.39 is 6.01 Å². The van der Waals surface area contributed by atoms with Crippen LogP contribution >= 0.6 is 0 Å². The second-order valence-electron chi connectivity index (χ2n) is 1.15. The maximum atomic E-state index is 11.6. The summed E-state index contributed by atoms with van der Waals surface area (Å²) in [7, 11) is 0. The van der Waals surface area contributed by atoms with Crippen LogP contribution in [-0.4, -0.2) is 6.61 Å². The van der Waals surface area contributed by atoms with Crippen molar-refractivity contribution in [3.63, 3.8) is 0 Å². The number of hydrogen-bond donors (Lipinski definition) is 0. The van der Waals surface area contributed by atoms with Gasteiger partial charge in [0, 0.05) is 6.42 Å². The number of halogens is 1. The van der Waals surface area contributed by atoms with Gasteiger partial charge >= 0.3 is 0 Å². The molecular formula is C4H5FO. The van der Waals surface area contributed by atoms with Crippen LogP contribution in [0.1, 0.15) is 6.42 Å². The fourth-order valence-electron chi connectivity index (χ4n) is 0.388. The molecule has 0 atom stereocenters. The van der Waals surface area contributed by atoms with Crippen LogP contribution in [0.4, 0.5) is 4.39 Å². The quantitative estimate of drug-likeness (QED) is 0.432. The van der Waals surface area contributed by atoms with Crippen molar-refractivity contribution in [3.05, 3.63) is 12.1 Å². The summed E-state index contributed by atoms with van der Waals surface area (Å²) in [4.78, 5) is 0. The normalized spacial score (nSPS) is 19.8. The second kappa shape index (κ2) is 1.29.